The SMILES string of the molecule is CN(CC1CC1)c1ccc(CCN)c(Br)c1. The van der Waals surface area contributed by atoms with Crippen molar-refractivity contribution in [2.45, 2.75) is 19.3 Å². The summed E-state index contributed by atoms with van der Waals surface area (Å²) in [6.07, 6.45) is 3.74. The first-order valence-electron chi connectivity index (χ1n) is 5.90. The van der Waals surface area contributed by atoms with Crippen LogP contribution in [-0.4, -0.2) is 20.1 Å². The zero-order valence-corrected chi connectivity index (χ0v) is 11.3. The quantitative estimate of drug-likeness (QED) is 0.900. The Morgan fingerprint density at radius 2 is 2.19 bits per heavy atom. The molecule has 0 unspecified atom stereocenters. The zero-order valence-electron chi connectivity index (χ0n) is 9.75. The summed E-state index contributed by atoms with van der Waals surface area (Å²) in [6, 6.07) is 6.57. The van der Waals surface area contributed by atoms with Crippen molar-refractivity contribution in [3.8, 4) is 0 Å². The third kappa shape index (κ3) is 2.98. The van der Waals surface area contributed by atoms with E-state index in [-0.39, 0.29) is 0 Å². The maximum atomic E-state index is 5.57. The molecule has 2 nitrogen and oxygen atoms in total. The molecule has 0 saturated heterocycles. The highest BCUT2D eigenvalue weighted by atomic mass is 79.9. The minimum absolute atomic E-state index is 0.704. The smallest absolute Gasteiger partial charge is 0.0375 e. The van der Waals surface area contributed by atoms with Gasteiger partial charge in [-0.15, -0.1) is 0 Å². The fourth-order valence-corrected chi connectivity index (χ4v) is 2.49. The van der Waals surface area contributed by atoms with Crippen LogP contribution in [0.25, 0.3) is 0 Å². The van der Waals surface area contributed by atoms with Crippen LogP contribution in [0.1, 0.15) is 18.4 Å². The average molecular weight is 283 g/mol. The molecule has 1 aromatic carbocycles. The number of nitrogens with zero attached hydrogens (tertiary/aromatic N) is 1. The van der Waals surface area contributed by atoms with Gasteiger partial charge in [0.2, 0.25) is 0 Å². The molecular weight excluding hydrogens is 264 g/mol. The van der Waals surface area contributed by atoms with E-state index in [9.17, 15) is 0 Å². The molecule has 1 aliphatic rings. The molecule has 2 N–H and O–H groups in total. The van der Waals surface area contributed by atoms with Crippen LogP contribution in [0.2, 0.25) is 0 Å². The van der Waals surface area contributed by atoms with Crippen LogP contribution in [0.3, 0.4) is 0 Å². The van der Waals surface area contributed by atoms with Crippen LogP contribution in [-0.2, 0) is 6.42 Å². The maximum Gasteiger partial charge on any atom is 0.0375 e. The molecule has 1 fully saturated rings. The molecule has 0 aromatic heterocycles. The van der Waals surface area contributed by atoms with Crippen LogP contribution in [0.15, 0.2) is 22.7 Å². The molecule has 88 valence electrons. The summed E-state index contributed by atoms with van der Waals surface area (Å²) in [4.78, 5) is 2.34. The predicted molar refractivity (Wildman–Crippen MR) is 72.9 cm³/mol. The summed E-state index contributed by atoms with van der Waals surface area (Å²) < 4.78 is 1.18. The fourth-order valence-electron chi connectivity index (χ4n) is 1.93. The molecule has 0 spiro atoms. The van der Waals surface area contributed by atoms with Gasteiger partial charge in [0.1, 0.15) is 0 Å². The number of hydrogen-bond acceptors (Lipinski definition) is 2. The molecule has 0 amide bonds. The summed E-state index contributed by atoms with van der Waals surface area (Å²) in [7, 11) is 2.17. The highest BCUT2D eigenvalue weighted by Gasteiger charge is 2.23. The molecule has 1 aliphatic carbocycles. The van der Waals surface area contributed by atoms with E-state index in [2.05, 4.69) is 46.1 Å². The average Bonchev–Trinajstić information content (AvgIpc) is 3.05. The number of rotatable bonds is 5. The van der Waals surface area contributed by atoms with Crippen molar-refractivity contribution < 1.29 is 0 Å². The summed E-state index contributed by atoms with van der Waals surface area (Å²) >= 11 is 3.62. The van der Waals surface area contributed by atoms with E-state index in [1.54, 1.807) is 0 Å². The Kier molecular flexibility index (Phi) is 3.87. The van der Waals surface area contributed by atoms with Gasteiger partial charge in [-0.1, -0.05) is 22.0 Å². The second-order valence-electron chi connectivity index (χ2n) is 4.64. The zero-order chi connectivity index (χ0) is 11.5. The summed E-state index contributed by atoms with van der Waals surface area (Å²) in [5, 5.41) is 0. The second-order valence-corrected chi connectivity index (χ2v) is 5.49. The van der Waals surface area contributed by atoms with E-state index >= 15 is 0 Å². The number of anilines is 1. The minimum Gasteiger partial charge on any atom is -0.374 e. The number of hydrogen-bond donors (Lipinski definition) is 1. The van der Waals surface area contributed by atoms with Gasteiger partial charge in [0.05, 0.1) is 0 Å². The van der Waals surface area contributed by atoms with Gasteiger partial charge in [0.15, 0.2) is 0 Å². The number of nitrogens with two attached hydrogens (primary N) is 1. The second kappa shape index (κ2) is 5.19. The van der Waals surface area contributed by atoms with Crippen molar-refractivity contribution >= 4 is 21.6 Å². The van der Waals surface area contributed by atoms with E-state index in [0.29, 0.717) is 6.54 Å². The van der Waals surface area contributed by atoms with Gasteiger partial charge in [0.25, 0.3) is 0 Å². The fraction of sp³-hybridized carbons (Fsp3) is 0.538. The molecule has 16 heavy (non-hydrogen) atoms. The molecule has 2 rings (SSSR count). The Labute approximate surface area is 106 Å². The van der Waals surface area contributed by atoms with Gasteiger partial charge in [0, 0.05) is 23.8 Å². The predicted octanol–water partition coefficient (Wildman–Crippen LogP) is 2.80. The summed E-state index contributed by atoms with van der Waals surface area (Å²) in [5.41, 5.74) is 8.16. The number of halogens is 1. The van der Waals surface area contributed by atoms with Crippen molar-refractivity contribution in [2.24, 2.45) is 11.7 Å². The maximum absolute atomic E-state index is 5.57. The molecule has 0 bridgehead atoms. The van der Waals surface area contributed by atoms with E-state index < -0.39 is 0 Å². The molecule has 3 heteroatoms. The third-order valence-corrected chi connectivity index (χ3v) is 3.86. The highest BCUT2D eigenvalue weighted by Crippen LogP contribution is 2.31. The largest absolute Gasteiger partial charge is 0.374 e. The van der Waals surface area contributed by atoms with E-state index in [0.717, 1.165) is 12.3 Å². The van der Waals surface area contributed by atoms with Gasteiger partial charge in [-0.05, 0) is 49.4 Å². The van der Waals surface area contributed by atoms with Gasteiger partial charge < -0.3 is 10.6 Å². The van der Waals surface area contributed by atoms with Crippen LogP contribution in [0.4, 0.5) is 5.69 Å². The Morgan fingerprint density at radius 1 is 1.44 bits per heavy atom. The highest BCUT2D eigenvalue weighted by molar-refractivity contribution is 9.10. The lowest BCUT2D eigenvalue weighted by atomic mass is 10.1. The first-order valence-corrected chi connectivity index (χ1v) is 6.69. The normalized spacial score (nSPS) is 15.2. The molecular formula is C13H19BrN2. The first-order chi connectivity index (χ1) is 7.70. The van der Waals surface area contributed by atoms with Crippen molar-refractivity contribution in [1.29, 1.82) is 0 Å². The Morgan fingerprint density at radius 3 is 2.75 bits per heavy atom. The standard InChI is InChI=1S/C13H19BrN2/c1-16(9-10-2-3-10)12-5-4-11(6-7-15)13(14)8-12/h4-5,8,10H,2-3,6-7,9,15H2,1H3. The lowest BCUT2D eigenvalue weighted by Gasteiger charge is -2.20. The van der Waals surface area contributed by atoms with Crippen molar-refractivity contribution in [3.05, 3.63) is 28.2 Å². The summed E-state index contributed by atoms with van der Waals surface area (Å²) in [5.74, 6) is 0.924. The molecule has 0 radical (unpaired) electrons. The van der Waals surface area contributed by atoms with Gasteiger partial charge in [-0.2, -0.15) is 0 Å². The van der Waals surface area contributed by atoms with Crippen molar-refractivity contribution in [2.75, 3.05) is 25.0 Å². The van der Waals surface area contributed by atoms with E-state index in [1.165, 1.54) is 35.1 Å². The number of benzene rings is 1. The van der Waals surface area contributed by atoms with Gasteiger partial charge >= 0.3 is 0 Å². The molecule has 1 saturated carbocycles. The Balaban J connectivity index is 2.06. The van der Waals surface area contributed by atoms with E-state index in [1.807, 2.05) is 0 Å². The van der Waals surface area contributed by atoms with Gasteiger partial charge in [-0.25, -0.2) is 0 Å². The molecule has 1 aromatic rings. The molecule has 0 aliphatic heterocycles. The Hall–Kier alpha value is -0.540. The summed E-state index contributed by atoms with van der Waals surface area (Å²) in [6.45, 7) is 1.89. The lowest BCUT2D eigenvalue weighted by molar-refractivity contribution is 0.787. The monoisotopic (exact) mass is 282 g/mol. The van der Waals surface area contributed by atoms with E-state index in [4.69, 9.17) is 5.73 Å². The van der Waals surface area contributed by atoms with Crippen LogP contribution in [0.5, 0.6) is 0 Å². The molecule has 0 atom stereocenters. The molecule has 0 heterocycles. The minimum atomic E-state index is 0.704. The lowest BCUT2D eigenvalue weighted by Crippen LogP contribution is -2.19. The van der Waals surface area contributed by atoms with Crippen molar-refractivity contribution in [3.63, 3.8) is 0 Å². The van der Waals surface area contributed by atoms with Crippen LogP contribution < -0.4 is 10.6 Å². The first kappa shape index (κ1) is 11.9. The van der Waals surface area contributed by atoms with Crippen LogP contribution >= 0.6 is 15.9 Å². The third-order valence-electron chi connectivity index (χ3n) is 3.12. The van der Waals surface area contributed by atoms with Crippen LogP contribution in [0, 0.1) is 5.92 Å². The topological polar surface area (TPSA) is 29.3 Å². The van der Waals surface area contributed by atoms with Gasteiger partial charge in [-0.3, -0.25) is 0 Å². The van der Waals surface area contributed by atoms with Crippen molar-refractivity contribution in [1.82, 2.24) is 0 Å². The Bertz CT molecular complexity index is 361.